The minimum Gasteiger partial charge on any atom is -0.444 e. The number of halogens is 1. The normalized spacial score (nSPS) is 16.7. The van der Waals surface area contributed by atoms with Crippen molar-refractivity contribution in [3.63, 3.8) is 0 Å². The summed E-state index contributed by atoms with van der Waals surface area (Å²) >= 11 is 5.01. The molecule has 1 aromatic rings. The van der Waals surface area contributed by atoms with Gasteiger partial charge in [0.2, 0.25) is 5.91 Å². The van der Waals surface area contributed by atoms with Gasteiger partial charge < -0.3 is 15.0 Å². The van der Waals surface area contributed by atoms with Crippen LogP contribution >= 0.6 is 27.7 Å². The second kappa shape index (κ2) is 9.82. The molecule has 1 unspecified atom stereocenters. The van der Waals surface area contributed by atoms with Crippen LogP contribution in [0.25, 0.3) is 0 Å². The third-order valence-corrected chi connectivity index (χ3v) is 5.96. The number of hydrogen-bond acceptors (Lipinski definition) is 4. The summed E-state index contributed by atoms with van der Waals surface area (Å²) in [6.45, 7) is 9.60. The van der Waals surface area contributed by atoms with Gasteiger partial charge in [0.05, 0.1) is 5.25 Å². The lowest BCUT2D eigenvalue weighted by atomic mass is 9.96. The number of hydrogen-bond donors (Lipinski definition) is 1. The molecule has 0 saturated carbocycles. The third kappa shape index (κ3) is 7.74. The maximum absolute atomic E-state index is 12.7. The lowest BCUT2D eigenvalue weighted by Gasteiger charge is -2.33. The number of nitrogens with one attached hydrogen (secondary N) is 1. The zero-order valence-electron chi connectivity index (χ0n) is 16.5. The highest BCUT2D eigenvalue weighted by molar-refractivity contribution is 9.10. The zero-order chi connectivity index (χ0) is 20.0. The van der Waals surface area contributed by atoms with E-state index in [9.17, 15) is 9.59 Å². The van der Waals surface area contributed by atoms with Gasteiger partial charge in [-0.15, -0.1) is 11.8 Å². The van der Waals surface area contributed by atoms with Gasteiger partial charge in [-0.1, -0.05) is 15.9 Å². The standard InChI is InChI=1S/C20H29BrN2O3S/c1-14(27-17-7-5-16(21)6-8-17)18(24)23-11-9-15(10-12-23)13-22-19(25)26-20(2,3)4/h5-8,14-15H,9-13H2,1-4H3,(H,22,25). The Balaban J connectivity index is 1.73. The van der Waals surface area contributed by atoms with E-state index in [0.717, 1.165) is 35.3 Å². The van der Waals surface area contributed by atoms with Gasteiger partial charge in [0, 0.05) is 29.0 Å². The molecule has 2 rings (SSSR count). The lowest BCUT2D eigenvalue weighted by Crippen LogP contribution is -2.44. The average Bonchev–Trinajstić information content (AvgIpc) is 2.60. The van der Waals surface area contributed by atoms with Crippen LogP contribution in [0.4, 0.5) is 4.79 Å². The number of benzene rings is 1. The Morgan fingerprint density at radius 2 is 1.85 bits per heavy atom. The molecule has 0 aliphatic carbocycles. The van der Waals surface area contributed by atoms with Crippen LogP contribution in [-0.2, 0) is 9.53 Å². The quantitative estimate of drug-likeness (QED) is 0.652. The molecule has 1 N–H and O–H groups in total. The molecule has 0 spiro atoms. The average molecular weight is 457 g/mol. The second-order valence-electron chi connectivity index (χ2n) is 7.87. The van der Waals surface area contributed by atoms with Crippen molar-refractivity contribution < 1.29 is 14.3 Å². The number of amides is 2. The molecule has 1 aliphatic rings. The summed E-state index contributed by atoms with van der Waals surface area (Å²) in [6, 6.07) is 8.02. The van der Waals surface area contributed by atoms with Crippen molar-refractivity contribution in [2.45, 2.75) is 56.3 Å². The minimum atomic E-state index is -0.484. The van der Waals surface area contributed by atoms with E-state index in [-0.39, 0.29) is 17.3 Å². The first-order chi connectivity index (χ1) is 12.6. The molecule has 7 heteroatoms. The Kier molecular flexibility index (Phi) is 8.04. The first-order valence-corrected chi connectivity index (χ1v) is 11.0. The number of ether oxygens (including phenoxy) is 1. The maximum atomic E-state index is 12.7. The molecule has 1 atom stereocenters. The Morgan fingerprint density at radius 1 is 1.26 bits per heavy atom. The number of thioether (sulfide) groups is 1. The van der Waals surface area contributed by atoms with E-state index in [0.29, 0.717) is 12.5 Å². The molecule has 150 valence electrons. The van der Waals surface area contributed by atoms with Crippen molar-refractivity contribution in [1.82, 2.24) is 10.2 Å². The first-order valence-electron chi connectivity index (χ1n) is 9.32. The Bertz CT molecular complexity index is 638. The summed E-state index contributed by atoms with van der Waals surface area (Å²) in [5.74, 6) is 0.567. The molecular weight excluding hydrogens is 428 g/mol. The molecule has 1 saturated heterocycles. The van der Waals surface area contributed by atoms with Gasteiger partial charge >= 0.3 is 6.09 Å². The Labute approximate surface area is 174 Å². The molecule has 5 nitrogen and oxygen atoms in total. The van der Waals surface area contributed by atoms with E-state index in [1.54, 1.807) is 11.8 Å². The van der Waals surface area contributed by atoms with Crippen molar-refractivity contribution in [1.29, 1.82) is 0 Å². The number of carbonyl (C=O) groups is 2. The maximum Gasteiger partial charge on any atom is 0.407 e. The monoisotopic (exact) mass is 456 g/mol. The van der Waals surface area contributed by atoms with E-state index in [1.165, 1.54) is 0 Å². The number of nitrogens with zero attached hydrogens (tertiary/aromatic N) is 1. The molecule has 1 aliphatic heterocycles. The molecule has 1 aromatic carbocycles. The summed E-state index contributed by atoms with van der Waals surface area (Å²) in [5, 5.41) is 2.73. The molecule has 27 heavy (non-hydrogen) atoms. The largest absolute Gasteiger partial charge is 0.444 e. The van der Waals surface area contributed by atoms with Crippen LogP contribution < -0.4 is 5.32 Å². The van der Waals surface area contributed by atoms with Gasteiger partial charge in [-0.05, 0) is 70.7 Å². The van der Waals surface area contributed by atoms with Gasteiger partial charge in [0.15, 0.2) is 0 Å². The summed E-state index contributed by atoms with van der Waals surface area (Å²) in [6.07, 6.45) is 1.43. The SMILES string of the molecule is CC(Sc1ccc(Br)cc1)C(=O)N1CCC(CNC(=O)OC(C)(C)C)CC1. The second-order valence-corrected chi connectivity index (χ2v) is 10.2. The summed E-state index contributed by atoms with van der Waals surface area (Å²) < 4.78 is 6.30. The Morgan fingerprint density at radius 3 is 2.41 bits per heavy atom. The summed E-state index contributed by atoms with van der Waals surface area (Å²) in [5.41, 5.74) is -0.484. The highest BCUT2D eigenvalue weighted by Crippen LogP contribution is 2.27. The van der Waals surface area contributed by atoms with E-state index in [1.807, 2.05) is 56.9 Å². The van der Waals surface area contributed by atoms with Gasteiger partial charge in [0.1, 0.15) is 5.60 Å². The van der Waals surface area contributed by atoms with Crippen molar-refractivity contribution in [2.75, 3.05) is 19.6 Å². The highest BCUT2D eigenvalue weighted by atomic mass is 79.9. The van der Waals surface area contributed by atoms with Crippen LogP contribution in [0, 0.1) is 5.92 Å². The molecule has 2 amide bonds. The molecule has 0 aromatic heterocycles. The number of carbonyl (C=O) groups excluding carboxylic acids is 2. The van der Waals surface area contributed by atoms with Gasteiger partial charge in [0.25, 0.3) is 0 Å². The minimum absolute atomic E-state index is 0.109. The smallest absolute Gasteiger partial charge is 0.407 e. The first kappa shape index (κ1) is 22.1. The highest BCUT2D eigenvalue weighted by Gasteiger charge is 2.27. The topological polar surface area (TPSA) is 58.6 Å². The predicted octanol–water partition coefficient (Wildman–Crippen LogP) is 4.69. The van der Waals surface area contributed by atoms with Gasteiger partial charge in [-0.25, -0.2) is 4.79 Å². The molecule has 0 bridgehead atoms. The number of rotatable bonds is 5. The molecular formula is C20H29BrN2O3S. The third-order valence-electron chi connectivity index (χ3n) is 4.33. The van der Waals surface area contributed by atoms with E-state index in [4.69, 9.17) is 4.74 Å². The number of alkyl carbamates (subject to hydrolysis) is 1. The van der Waals surface area contributed by atoms with Crippen molar-refractivity contribution >= 4 is 39.7 Å². The van der Waals surface area contributed by atoms with Crippen LogP contribution in [0.2, 0.25) is 0 Å². The summed E-state index contributed by atoms with van der Waals surface area (Å²) in [7, 11) is 0. The molecule has 0 radical (unpaired) electrons. The molecule has 1 fully saturated rings. The van der Waals surface area contributed by atoms with Crippen LogP contribution in [0.1, 0.15) is 40.5 Å². The fraction of sp³-hybridized carbons (Fsp3) is 0.600. The van der Waals surface area contributed by atoms with Crippen molar-refractivity contribution in [2.24, 2.45) is 5.92 Å². The van der Waals surface area contributed by atoms with Crippen molar-refractivity contribution in [3.8, 4) is 0 Å². The van der Waals surface area contributed by atoms with Crippen LogP contribution in [0.15, 0.2) is 33.6 Å². The molecule has 1 heterocycles. The van der Waals surface area contributed by atoms with Gasteiger partial charge in [-0.2, -0.15) is 0 Å². The lowest BCUT2D eigenvalue weighted by molar-refractivity contribution is -0.131. The Hall–Kier alpha value is -1.21. The van der Waals surface area contributed by atoms with Crippen LogP contribution in [0.3, 0.4) is 0 Å². The van der Waals surface area contributed by atoms with E-state index >= 15 is 0 Å². The number of likely N-dealkylation sites (tertiary alicyclic amines) is 1. The fourth-order valence-corrected chi connectivity index (χ4v) is 4.14. The van der Waals surface area contributed by atoms with Crippen LogP contribution in [-0.4, -0.2) is 47.4 Å². The predicted molar refractivity (Wildman–Crippen MR) is 113 cm³/mol. The zero-order valence-corrected chi connectivity index (χ0v) is 18.9. The van der Waals surface area contributed by atoms with Crippen LogP contribution in [0.5, 0.6) is 0 Å². The van der Waals surface area contributed by atoms with Gasteiger partial charge in [-0.3, -0.25) is 4.79 Å². The summed E-state index contributed by atoms with van der Waals surface area (Å²) in [4.78, 5) is 27.5. The van der Waals surface area contributed by atoms with Crippen molar-refractivity contribution in [3.05, 3.63) is 28.7 Å². The number of piperidine rings is 1. The van der Waals surface area contributed by atoms with E-state index in [2.05, 4.69) is 21.2 Å². The van der Waals surface area contributed by atoms with E-state index < -0.39 is 5.60 Å². The fourth-order valence-electron chi connectivity index (χ4n) is 2.92.